The van der Waals surface area contributed by atoms with Gasteiger partial charge in [-0.3, -0.25) is 15.0 Å². The van der Waals surface area contributed by atoms with Crippen molar-refractivity contribution < 1.29 is 23.5 Å². The van der Waals surface area contributed by atoms with Crippen LogP contribution < -0.4 is 10.1 Å². The molecule has 0 spiro atoms. The zero-order valence-electron chi connectivity index (χ0n) is 29.1. The van der Waals surface area contributed by atoms with Gasteiger partial charge in [-0.1, -0.05) is 34.6 Å². The maximum atomic E-state index is 13.3. The van der Waals surface area contributed by atoms with Crippen LogP contribution in [0.4, 0.5) is 15.4 Å². The summed E-state index contributed by atoms with van der Waals surface area (Å²) in [5.41, 5.74) is 2.29. The van der Waals surface area contributed by atoms with Crippen LogP contribution in [0.25, 0.3) is 10.9 Å². The maximum Gasteiger partial charge on any atom is 0.410 e. The second kappa shape index (κ2) is 12.4. The van der Waals surface area contributed by atoms with Crippen molar-refractivity contribution in [3.8, 4) is 11.6 Å². The van der Waals surface area contributed by atoms with Crippen LogP contribution in [0.1, 0.15) is 72.3 Å². The summed E-state index contributed by atoms with van der Waals surface area (Å²) in [5.74, 6) is 1.46. The molecule has 0 atom stereocenters. The van der Waals surface area contributed by atoms with Crippen LogP contribution in [-0.2, 0) is 27.5 Å². The third-order valence-electron chi connectivity index (χ3n) is 8.86. The van der Waals surface area contributed by atoms with Gasteiger partial charge in [-0.15, -0.1) is 0 Å². The summed E-state index contributed by atoms with van der Waals surface area (Å²) in [6.07, 6.45) is 3.33. The van der Waals surface area contributed by atoms with Crippen molar-refractivity contribution in [3.63, 3.8) is 0 Å². The van der Waals surface area contributed by atoms with Crippen LogP contribution in [0.15, 0.2) is 42.9 Å². The molecule has 5 rings (SSSR count). The second-order valence-electron chi connectivity index (χ2n) is 15.3. The SMILES string of the molecule is CC(C)(C)OC(=O)N1CCc2c(ncnc2Oc2ccc3c(ccn3C(=O)Nc3cc(C(C)(C)CO[Si](C)(C)C(C)(C)C)[nH]n3)c2)C1. The molecule has 0 radical (unpaired) electrons. The topological polar surface area (TPSA) is 136 Å². The molecule has 0 aliphatic carbocycles. The lowest BCUT2D eigenvalue weighted by Crippen LogP contribution is -2.44. The number of H-pyrrole nitrogens is 1. The number of hydrogen-bond acceptors (Lipinski definition) is 8. The van der Waals surface area contributed by atoms with E-state index in [9.17, 15) is 9.59 Å². The Bertz CT molecular complexity index is 1780. The van der Waals surface area contributed by atoms with E-state index in [1.54, 1.807) is 17.2 Å². The minimum atomic E-state index is -1.92. The quantitative estimate of drug-likeness (QED) is 0.193. The van der Waals surface area contributed by atoms with E-state index in [0.717, 1.165) is 22.3 Å². The number of anilines is 1. The summed E-state index contributed by atoms with van der Waals surface area (Å²) in [6.45, 7) is 22.2. The summed E-state index contributed by atoms with van der Waals surface area (Å²) < 4.78 is 19.7. The van der Waals surface area contributed by atoms with Crippen molar-refractivity contribution in [2.45, 2.75) is 97.5 Å². The molecule has 1 aliphatic heterocycles. The minimum Gasteiger partial charge on any atom is -0.444 e. The molecule has 0 saturated heterocycles. The predicted octanol–water partition coefficient (Wildman–Crippen LogP) is 7.62. The van der Waals surface area contributed by atoms with Crippen LogP contribution in [0.3, 0.4) is 0 Å². The lowest BCUT2D eigenvalue weighted by atomic mass is 9.91. The van der Waals surface area contributed by atoms with Crippen molar-refractivity contribution in [3.05, 3.63) is 59.8 Å². The third kappa shape index (κ3) is 7.68. The van der Waals surface area contributed by atoms with Gasteiger partial charge < -0.3 is 18.8 Å². The van der Waals surface area contributed by atoms with Crippen LogP contribution in [0, 0.1) is 0 Å². The van der Waals surface area contributed by atoms with E-state index in [0.29, 0.717) is 49.1 Å². The number of benzene rings is 1. The molecule has 4 aromatic rings. The van der Waals surface area contributed by atoms with Crippen molar-refractivity contribution in [1.82, 2.24) is 29.6 Å². The summed E-state index contributed by atoms with van der Waals surface area (Å²) in [4.78, 5) is 36.3. The van der Waals surface area contributed by atoms with Gasteiger partial charge in [0.05, 0.1) is 17.8 Å². The predicted molar refractivity (Wildman–Crippen MR) is 184 cm³/mol. The summed E-state index contributed by atoms with van der Waals surface area (Å²) in [7, 11) is -1.92. The van der Waals surface area contributed by atoms with E-state index in [-0.39, 0.29) is 22.6 Å². The number of fused-ring (bicyclic) bond motifs is 2. The fourth-order valence-corrected chi connectivity index (χ4v) is 6.08. The Kier molecular flexibility index (Phi) is 9.01. The number of ether oxygens (including phenoxy) is 2. The smallest absolute Gasteiger partial charge is 0.410 e. The van der Waals surface area contributed by atoms with Crippen LogP contribution in [0.2, 0.25) is 18.1 Å². The van der Waals surface area contributed by atoms with Crippen molar-refractivity contribution in [2.24, 2.45) is 0 Å². The van der Waals surface area contributed by atoms with Gasteiger partial charge in [0.1, 0.15) is 17.7 Å². The number of amides is 2. The molecule has 2 N–H and O–H groups in total. The van der Waals surface area contributed by atoms with Gasteiger partial charge in [0.25, 0.3) is 0 Å². The zero-order chi connectivity index (χ0) is 34.4. The van der Waals surface area contributed by atoms with Gasteiger partial charge in [0.2, 0.25) is 5.88 Å². The molecule has 0 unspecified atom stereocenters. The first-order valence-corrected chi connectivity index (χ1v) is 18.8. The number of aromatic nitrogens is 5. The average Bonchev–Trinajstić information content (AvgIpc) is 3.62. The summed E-state index contributed by atoms with van der Waals surface area (Å²) in [6, 6.07) is 8.88. The maximum absolute atomic E-state index is 13.3. The average molecular weight is 662 g/mol. The first-order valence-electron chi connectivity index (χ1n) is 15.9. The third-order valence-corrected chi connectivity index (χ3v) is 13.3. The lowest BCUT2D eigenvalue weighted by molar-refractivity contribution is 0.0219. The Morgan fingerprint density at radius 3 is 2.47 bits per heavy atom. The fourth-order valence-electron chi connectivity index (χ4n) is 4.92. The minimum absolute atomic E-state index is 0.116. The largest absolute Gasteiger partial charge is 0.444 e. The first kappa shape index (κ1) is 34.1. The van der Waals surface area contributed by atoms with Gasteiger partial charge in [-0.05, 0) is 69.6 Å². The van der Waals surface area contributed by atoms with E-state index in [4.69, 9.17) is 13.9 Å². The molecular weight excluding hydrogens is 615 g/mol. The molecule has 13 heteroatoms. The highest BCUT2D eigenvalue weighted by molar-refractivity contribution is 6.74. The Balaban J connectivity index is 1.24. The molecule has 0 bridgehead atoms. The monoisotopic (exact) mass is 661 g/mol. The van der Waals surface area contributed by atoms with Gasteiger partial charge >= 0.3 is 12.1 Å². The normalized spacial score (nSPS) is 14.2. The van der Waals surface area contributed by atoms with Crippen LogP contribution in [-0.4, -0.2) is 68.8 Å². The number of nitrogens with one attached hydrogen (secondary N) is 2. The Morgan fingerprint density at radius 2 is 1.77 bits per heavy atom. The standard InChI is InChI=1S/C34H47N7O5Si/c1-32(2,3)46-31(43)40-15-14-24-25(19-40)35-21-36-29(24)45-23-11-12-26-22(17-23)13-16-41(26)30(42)37-28-18-27(38-39-28)34(7,8)20-44-47(9,10)33(4,5)6/h11-13,16-18,21H,14-15,19-20H2,1-10H3,(H2,37,38,39,42). The van der Waals surface area contributed by atoms with Crippen molar-refractivity contribution in [2.75, 3.05) is 18.5 Å². The second-order valence-corrected chi connectivity index (χ2v) is 20.1. The van der Waals surface area contributed by atoms with E-state index < -0.39 is 13.9 Å². The van der Waals surface area contributed by atoms with Gasteiger partial charge in [0.15, 0.2) is 14.1 Å². The number of aromatic amines is 1. The molecule has 47 heavy (non-hydrogen) atoms. The van der Waals surface area contributed by atoms with Crippen LogP contribution >= 0.6 is 0 Å². The van der Waals surface area contributed by atoms with Gasteiger partial charge in [-0.25, -0.2) is 19.6 Å². The Labute approximate surface area is 277 Å². The molecule has 1 aromatic carbocycles. The Morgan fingerprint density at radius 1 is 1.02 bits per heavy atom. The zero-order valence-corrected chi connectivity index (χ0v) is 30.1. The highest BCUT2D eigenvalue weighted by Gasteiger charge is 2.39. The lowest BCUT2D eigenvalue weighted by Gasteiger charge is -2.38. The molecular formula is C34H47N7O5Si. The van der Waals surface area contributed by atoms with E-state index >= 15 is 0 Å². The number of hydrogen-bond donors (Lipinski definition) is 2. The van der Waals surface area contributed by atoms with Crippen LogP contribution in [0.5, 0.6) is 11.6 Å². The summed E-state index contributed by atoms with van der Waals surface area (Å²) >= 11 is 0. The van der Waals surface area contributed by atoms with E-state index in [1.807, 2.05) is 45.0 Å². The van der Waals surface area contributed by atoms with Gasteiger partial charge in [-0.2, -0.15) is 5.10 Å². The molecule has 3 aromatic heterocycles. The van der Waals surface area contributed by atoms with Crippen molar-refractivity contribution in [1.29, 1.82) is 0 Å². The number of rotatable bonds is 7. The molecule has 0 fully saturated rings. The molecule has 12 nitrogen and oxygen atoms in total. The highest BCUT2D eigenvalue weighted by atomic mass is 28.4. The van der Waals surface area contributed by atoms with E-state index in [1.165, 1.54) is 10.9 Å². The molecule has 4 heterocycles. The van der Waals surface area contributed by atoms with E-state index in [2.05, 4.69) is 73.2 Å². The molecule has 2 amide bonds. The van der Waals surface area contributed by atoms with Gasteiger partial charge in [0, 0.05) is 47.5 Å². The Hall–Kier alpha value is -4.23. The summed E-state index contributed by atoms with van der Waals surface area (Å²) in [5, 5.41) is 11.3. The molecule has 1 aliphatic rings. The first-order chi connectivity index (χ1) is 21.8. The fraction of sp³-hybridized carbons (Fsp3) is 0.500. The van der Waals surface area contributed by atoms with Crippen molar-refractivity contribution >= 4 is 37.2 Å². The number of carbonyl (C=O) groups is 2. The number of nitrogens with zero attached hydrogens (tertiary/aromatic N) is 5. The number of carbonyl (C=O) groups excluding carboxylic acids is 2. The molecule has 252 valence electrons. The highest BCUT2D eigenvalue weighted by Crippen LogP contribution is 2.38. The molecule has 0 saturated carbocycles.